The number of rotatable bonds is 6. The van der Waals surface area contributed by atoms with Gasteiger partial charge in [-0.3, -0.25) is 19.4 Å². The second-order valence-corrected chi connectivity index (χ2v) is 8.92. The first-order valence-electron chi connectivity index (χ1n) is 9.19. The smallest absolute Gasteiger partial charge is 0.422 e. The molecule has 1 aliphatic rings. The van der Waals surface area contributed by atoms with Crippen LogP contribution in [0.25, 0.3) is 10.2 Å². The molecule has 2 aromatic heterocycles. The summed E-state index contributed by atoms with van der Waals surface area (Å²) in [6.07, 6.45) is 0.957. The Hall–Kier alpha value is -2.20. The van der Waals surface area contributed by atoms with Crippen molar-refractivity contribution in [2.24, 2.45) is 0 Å². The number of amides is 1. The van der Waals surface area contributed by atoms with Gasteiger partial charge in [0.05, 0.1) is 11.9 Å². The lowest BCUT2D eigenvalue weighted by Gasteiger charge is -2.19. The van der Waals surface area contributed by atoms with Gasteiger partial charge in [0, 0.05) is 17.5 Å². The third-order valence-corrected chi connectivity index (χ3v) is 5.72. The van der Waals surface area contributed by atoms with Gasteiger partial charge in [-0.2, -0.15) is 0 Å². The van der Waals surface area contributed by atoms with Crippen molar-refractivity contribution in [2.75, 3.05) is 6.67 Å². The molecule has 0 bridgehead atoms. The molecule has 28 heavy (non-hydrogen) atoms. The van der Waals surface area contributed by atoms with Crippen LogP contribution in [0.5, 0.6) is 0 Å². The van der Waals surface area contributed by atoms with E-state index < -0.39 is 24.1 Å². The minimum absolute atomic E-state index is 0.0920. The summed E-state index contributed by atoms with van der Waals surface area (Å²) in [5.74, 6) is 0. The van der Waals surface area contributed by atoms with Gasteiger partial charge < -0.3 is 4.74 Å². The molecular formula is C18H25FN4O4S. The van der Waals surface area contributed by atoms with Gasteiger partial charge in [0.25, 0.3) is 5.56 Å². The molecule has 1 fully saturated rings. The highest BCUT2D eigenvalue weighted by Gasteiger charge is 2.30. The minimum Gasteiger partial charge on any atom is -0.443 e. The summed E-state index contributed by atoms with van der Waals surface area (Å²) in [4.78, 5) is 38.6. The topological polar surface area (TPSA) is 94.4 Å². The lowest BCUT2D eigenvalue weighted by molar-refractivity contribution is 0.0497. The Bertz CT molecular complexity index is 1010. The van der Waals surface area contributed by atoms with Crippen molar-refractivity contribution >= 4 is 27.6 Å². The number of hydrogen-bond acceptors (Lipinski definition) is 6. The number of fused-ring (bicyclic) bond motifs is 1. The number of carbonyl (C=O) groups excluding carboxylic acids is 1. The van der Waals surface area contributed by atoms with Gasteiger partial charge >= 0.3 is 11.8 Å². The van der Waals surface area contributed by atoms with E-state index in [2.05, 4.69) is 10.9 Å². The fraction of sp³-hybridized carbons (Fsp3) is 0.611. The summed E-state index contributed by atoms with van der Waals surface area (Å²) >= 11 is 1.25. The van der Waals surface area contributed by atoms with E-state index >= 15 is 0 Å². The average molecular weight is 412 g/mol. The molecule has 1 aliphatic carbocycles. The van der Waals surface area contributed by atoms with E-state index in [0.29, 0.717) is 10.2 Å². The number of carbonyl (C=O) groups is 1. The van der Waals surface area contributed by atoms with Crippen molar-refractivity contribution in [3.63, 3.8) is 0 Å². The van der Waals surface area contributed by atoms with Gasteiger partial charge in [0.1, 0.15) is 17.1 Å². The standard InChI is InChI=1S/C18H25FN4O4S/c1-10-12(9-20-21-16(25)27-18(2,3)4)28-15-13(10)14(24)23(11-5-6-11)17(26)22(15)8-7-19/h11,20H,5-9H2,1-4H3,(H,21,25). The molecule has 1 saturated carbocycles. The second-order valence-electron chi connectivity index (χ2n) is 7.84. The molecule has 2 heterocycles. The van der Waals surface area contributed by atoms with Crippen molar-refractivity contribution < 1.29 is 13.9 Å². The van der Waals surface area contributed by atoms with E-state index in [1.165, 1.54) is 20.5 Å². The van der Waals surface area contributed by atoms with Crippen molar-refractivity contribution in [1.29, 1.82) is 0 Å². The predicted octanol–water partition coefficient (Wildman–Crippen LogP) is 2.37. The fourth-order valence-corrected chi connectivity index (χ4v) is 4.27. The van der Waals surface area contributed by atoms with Gasteiger partial charge in [-0.25, -0.2) is 19.4 Å². The van der Waals surface area contributed by atoms with E-state index in [9.17, 15) is 18.8 Å². The van der Waals surface area contributed by atoms with Gasteiger partial charge in [-0.1, -0.05) is 0 Å². The van der Waals surface area contributed by atoms with E-state index in [4.69, 9.17) is 4.74 Å². The Morgan fingerprint density at radius 1 is 1.32 bits per heavy atom. The maximum absolute atomic E-state index is 13.1. The molecular weight excluding hydrogens is 387 g/mol. The Balaban J connectivity index is 1.91. The van der Waals surface area contributed by atoms with Crippen LogP contribution in [0.4, 0.5) is 9.18 Å². The molecule has 0 aliphatic heterocycles. The highest BCUT2D eigenvalue weighted by Crippen LogP contribution is 2.34. The fourth-order valence-electron chi connectivity index (χ4n) is 3.02. The molecule has 10 heteroatoms. The van der Waals surface area contributed by atoms with Gasteiger partial charge in [0.2, 0.25) is 0 Å². The molecule has 0 radical (unpaired) electrons. The number of ether oxygens (including phenoxy) is 1. The zero-order valence-corrected chi connectivity index (χ0v) is 17.2. The summed E-state index contributed by atoms with van der Waals surface area (Å²) in [6.45, 7) is 6.55. The summed E-state index contributed by atoms with van der Waals surface area (Å²) in [5.41, 5.74) is 4.56. The first-order chi connectivity index (χ1) is 13.1. The summed E-state index contributed by atoms with van der Waals surface area (Å²) in [5, 5.41) is 0.444. The highest BCUT2D eigenvalue weighted by molar-refractivity contribution is 7.18. The van der Waals surface area contributed by atoms with Crippen LogP contribution in [0.2, 0.25) is 0 Å². The molecule has 3 rings (SSSR count). The summed E-state index contributed by atoms with van der Waals surface area (Å²) < 4.78 is 20.8. The highest BCUT2D eigenvalue weighted by atomic mass is 32.1. The van der Waals surface area contributed by atoms with Crippen LogP contribution in [0, 0.1) is 6.92 Å². The first-order valence-corrected chi connectivity index (χ1v) is 10.0. The van der Waals surface area contributed by atoms with Crippen molar-refractivity contribution in [1.82, 2.24) is 20.0 Å². The SMILES string of the molecule is Cc1c(CNNC(=O)OC(C)(C)C)sc2c1c(=O)n(C1CC1)c(=O)n2CCF. The number of halogens is 1. The molecule has 8 nitrogen and oxygen atoms in total. The molecule has 0 atom stereocenters. The minimum atomic E-state index is -0.692. The number of alkyl halides is 1. The molecule has 1 amide bonds. The Labute approximate surface area is 165 Å². The van der Waals surface area contributed by atoms with Gasteiger partial charge in [0.15, 0.2) is 0 Å². The van der Waals surface area contributed by atoms with Crippen LogP contribution in [-0.4, -0.2) is 27.5 Å². The van der Waals surface area contributed by atoms with Crippen LogP contribution in [0.3, 0.4) is 0 Å². The van der Waals surface area contributed by atoms with Gasteiger partial charge in [-0.05, 0) is 46.1 Å². The van der Waals surface area contributed by atoms with Crippen LogP contribution in [-0.2, 0) is 17.8 Å². The molecule has 2 aromatic rings. The molecule has 0 saturated heterocycles. The third-order valence-electron chi connectivity index (χ3n) is 4.40. The number of nitrogens with zero attached hydrogens (tertiary/aromatic N) is 2. The molecule has 2 N–H and O–H groups in total. The number of thiophene rings is 1. The normalized spacial score (nSPS) is 14.5. The second kappa shape index (κ2) is 7.67. The van der Waals surface area contributed by atoms with Crippen molar-refractivity contribution in [3.8, 4) is 0 Å². The number of nitrogens with one attached hydrogen (secondary N) is 2. The number of aromatic nitrogens is 2. The van der Waals surface area contributed by atoms with E-state index in [-0.39, 0.29) is 24.7 Å². The maximum atomic E-state index is 13.1. The quantitative estimate of drug-likeness (QED) is 0.711. The molecule has 154 valence electrons. The Kier molecular flexibility index (Phi) is 5.62. The summed E-state index contributed by atoms with van der Waals surface area (Å²) in [7, 11) is 0. The number of aryl methyl sites for hydroxylation is 2. The van der Waals surface area contributed by atoms with E-state index in [1.54, 1.807) is 27.7 Å². The van der Waals surface area contributed by atoms with Crippen molar-refractivity contribution in [3.05, 3.63) is 31.3 Å². The number of hydrazine groups is 1. The van der Waals surface area contributed by atoms with Crippen LogP contribution < -0.4 is 22.1 Å². The average Bonchev–Trinajstić information content (AvgIpc) is 3.35. The van der Waals surface area contributed by atoms with Crippen LogP contribution in [0.15, 0.2) is 9.59 Å². The van der Waals surface area contributed by atoms with E-state index in [0.717, 1.165) is 23.3 Å². The van der Waals surface area contributed by atoms with E-state index in [1.807, 2.05) is 0 Å². The lowest BCUT2D eigenvalue weighted by atomic mass is 10.2. The predicted molar refractivity (Wildman–Crippen MR) is 106 cm³/mol. The molecule has 0 aromatic carbocycles. The first kappa shape index (κ1) is 20.5. The van der Waals surface area contributed by atoms with Gasteiger partial charge in [-0.15, -0.1) is 11.3 Å². The number of hydrogen-bond donors (Lipinski definition) is 2. The molecule has 0 unspecified atom stereocenters. The van der Waals surface area contributed by atoms with Crippen LogP contribution >= 0.6 is 11.3 Å². The third kappa shape index (κ3) is 4.12. The van der Waals surface area contributed by atoms with Crippen LogP contribution in [0.1, 0.15) is 50.1 Å². The zero-order valence-electron chi connectivity index (χ0n) is 16.4. The summed E-state index contributed by atoms with van der Waals surface area (Å²) in [6, 6.07) is -0.0926. The molecule has 0 spiro atoms. The monoisotopic (exact) mass is 412 g/mol. The van der Waals surface area contributed by atoms with Crippen molar-refractivity contribution in [2.45, 2.75) is 65.3 Å². The largest absolute Gasteiger partial charge is 0.443 e. The maximum Gasteiger partial charge on any atom is 0.422 e. The Morgan fingerprint density at radius 2 is 2.00 bits per heavy atom. The Morgan fingerprint density at radius 3 is 2.57 bits per heavy atom. The lowest BCUT2D eigenvalue weighted by Crippen LogP contribution is -2.40. The zero-order chi connectivity index (χ0) is 20.6.